The zero-order valence-corrected chi connectivity index (χ0v) is 34.8. The molecule has 4 heterocycles. The van der Waals surface area contributed by atoms with E-state index >= 15 is 0 Å². The summed E-state index contributed by atoms with van der Waals surface area (Å²) in [6, 6.07) is 23.1. The van der Waals surface area contributed by atoms with Crippen LogP contribution in [0.4, 0.5) is 0 Å². The average molecular weight is 882 g/mol. The Morgan fingerprint density at radius 1 is 0.860 bits per heavy atom. The van der Waals surface area contributed by atoms with Crippen molar-refractivity contribution in [1.82, 2.24) is 9.97 Å². The Balaban J connectivity index is 0.000000269. The van der Waals surface area contributed by atoms with Crippen molar-refractivity contribution < 1.29 is 30.0 Å². The zero-order valence-electron chi connectivity index (χ0n) is 30.7. The second-order valence-electron chi connectivity index (χ2n) is 14.5. The maximum atomic E-state index is 12.2. The molecule has 0 bridgehead atoms. The summed E-state index contributed by atoms with van der Waals surface area (Å²) in [5, 5.41) is 17.1. The summed E-state index contributed by atoms with van der Waals surface area (Å²) in [6.07, 6.45) is 8.64. The van der Waals surface area contributed by atoms with Gasteiger partial charge in [-0.05, 0) is 71.5 Å². The minimum Gasteiger partial charge on any atom is -0.512 e. The molecule has 0 saturated carbocycles. The molecule has 0 aliphatic heterocycles. The van der Waals surface area contributed by atoms with Gasteiger partial charge in [-0.25, -0.2) is 0 Å². The molecular weight excluding hydrogens is 833 g/mol. The maximum absolute atomic E-state index is 12.2. The third-order valence-corrected chi connectivity index (χ3v) is 12.5. The Morgan fingerprint density at radius 2 is 1.54 bits per heavy atom. The number of aromatic nitrogens is 2. The average Bonchev–Trinajstić information content (AvgIpc) is 3.77. The summed E-state index contributed by atoms with van der Waals surface area (Å²) in [7, 11) is 0. The van der Waals surface area contributed by atoms with Crippen LogP contribution in [0.3, 0.4) is 0 Å². The van der Waals surface area contributed by atoms with E-state index in [1.807, 2.05) is 53.9 Å². The summed E-state index contributed by atoms with van der Waals surface area (Å²) in [5.74, 6) is 0.286. The van der Waals surface area contributed by atoms with Crippen LogP contribution in [0.25, 0.3) is 52.8 Å². The fourth-order valence-corrected chi connectivity index (χ4v) is 7.81. The second kappa shape index (κ2) is 16.0. The van der Waals surface area contributed by atoms with Crippen LogP contribution >= 0.6 is 22.7 Å². The topological polar surface area (TPSA) is 63.1 Å². The molecule has 0 fully saturated rings. The quantitative estimate of drug-likeness (QED) is 0.0893. The van der Waals surface area contributed by atoms with E-state index in [1.54, 1.807) is 22.7 Å². The summed E-state index contributed by atoms with van der Waals surface area (Å²) in [4.78, 5) is 22.9. The van der Waals surface area contributed by atoms with Gasteiger partial charge in [0, 0.05) is 59.8 Å². The molecule has 0 spiro atoms. The zero-order chi connectivity index (χ0) is 35.6. The summed E-state index contributed by atoms with van der Waals surface area (Å²) in [5.41, 5.74) is 3.80. The van der Waals surface area contributed by atoms with E-state index in [1.165, 1.54) is 42.1 Å². The van der Waals surface area contributed by atoms with Crippen molar-refractivity contribution in [1.29, 1.82) is 0 Å². The number of hydrogen-bond acceptors (Lipinski definition) is 6. The molecule has 0 aliphatic carbocycles. The molecule has 1 radical (unpaired) electrons. The third kappa shape index (κ3) is 8.12. The standard InChI is InChI=1S/C28H21N2S2.C15H28O2.Ir/c1-28(2,3)22-13-20(12-17-6-4-5-7-21(17)22)26-27-19(8-10-29-26)15-24(32-27)23-14-18-9-11-31-25(18)16-30-23;1-7-14(5,8-2)12(16)11-13(17)15(6,9-3)10-4;/h4-11,13-16H,1-3H3;11,16H,7-10H2,1-6H3;/q-1;;/b;12-11-;. The number of fused-ring (bicyclic) bond motifs is 3. The van der Waals surface area contributed by atoms with Crippen LogP contribution in [0, 0.1) is 16.9 Å². The summed E-state index contributed by atoms with van der Waals surface area (Å²) < 4.78 is 2.40. The van der Waals surface area contributed by atoms with Gasteiger partial charge >= 0.3 is 0 Å². The van der Waals surface area contributed by atoms with Crippen LogP contribution in [0.5, 0.6) is 0 Å². The molecule has 0 unspecified atom stereocenters. The number of rotatable bonds is 9. The predicted octanol–water partition coefficient (Wildman–Crippen LogP) is 13.1. The van der Waals surface area contributed by atoms with Crippen LogP contribution in [-0.2, 0) is 30.3 Å². The predicted molar refractivity (Wildman–Crippen MR) is 212 cm³/mol. The van der Waals surface area contributed by atoms with Gasteiger partial charge in [0.2, 0.25) is 0 Å². The van der Waals surface area contributed by atoms with Gasteiger partial charge in [0.05, 0.1) is 15.3 Å². The van der Waals surface area contributed by atoms with Crippen molar-refractivity contribution in [2.24, 2.45) is 10.8 Å². The Bertz CT molecular complexity index is 2130. The molecule has 1 N–H and O–H groups in total. The number of benzene rings is 2. The number of carbonyl (C=O) groups is 1. The SMILES string of the molecule is CC(C)(C)c1cc(-c2nccc3cc(-c4cc5ccsc5cn4)sc23)[c-]c2ccccc12.CCC(C)(CC)C(=O)/C=C(\O)C(C)(CC)CC.[Ir]. The van der Waals surface area contributed by atoms with Gasteiger partial charge in [-0.2, -0.15) is 0 Å². The molecule has 0 atom stereocenters. The Morgan fingerprint density at radius 3 is 2.20 bits per heavy atom. The van der Waals surface area contributed by atoms with Crippen LogP contribution in [0.1, 0.15) is 93.6 Å². The van der Waals surface area contributed by atoms with E-state index in [2.05, 4.69) is 86.8 Å². The van der Waals surface area contributed by atoms with E-state index in [0.29, 0.717) is 0 Å². The van der Waals surface area contributed by atoms with Gasteiger partial charge in [-0.3, -0.25) is 14.8 Å². The first-order valence-corrected chi connectivity index (χ1v) is 19.1. The number of nitrogens with zero attached hydrogens (tertiary/aromatic N) is 2. The number of ketones is 1. The third-order valence-electron chi connectivity index (χ3n) is 10.5. The van der Waals surface area contributed by atoms with Crippen molar-refractivity contribution in [2.45, 2.75) is 93.4 Å². The number of thiophene rings is 2. The van der Waals surface area contributed by atoms with Gasteiger partial charge in [0.1, 0.15) is 5.76 Å². The summed E-state index contributed by atoms with van der Waals surface area (Å²) >= 11 is 3.49. The van der Waals surface area contributed by atoms with Crippen molar-refractivity contribution in [2.75, 3.05) is 0 Å². The number of aliphatic hydroxyl groups is 1. The molecule has 0 amide bonds. The fourth-order valence-electron chi connectivity index (χ4n) is 5.95. The van der Waals surface area contributed by atoms with Crippen LogP contribution in [-0.4, -0.2) is 20.9 Å². The van der Waals surface area contributed by atoms with Gasteiger partial charge < -0.3 is 5.11 Å². The van der Waals surface area contributed by atoms with E-state index in [9.17, 15) is 9.90 Å². The number of aliphatic hydroxyl groups excluding tert-OH is 1. The van der Waals surface area contributed by atoms with Crippen LogP contribution in [0.2, 0.25) is 0 Å². The van der Waals surface area contributed by atoms with E-state index in [0.717, 1.165) is 48.0 Å². The molecule has 6 rings (SSSR count). The molecule has 2 aromatic carbocycles. The molecule has 4 aromatic heterocycles. The Labute approximate surface area is 319 Å². The fraction of sp³-hybridized carbons (Fsp3) is 0.372. The first kappa shape index (κ1) is 39.6. The molecule has 0 saturated heterocycles. The molecule has 7 heteroatoms. The Hall–Kier alpha value is -3.22. The molecule has 6 aromatic rings. The monoisotopic (exact) mass is 882 g/mol. The van der Waals surface area contributed by atoms with Gasteiger partial charge in [-0.15, -0.1) is 51.8 Å². The van der Waals surface area contributed by atoms with Gasteiger partial charge in [0.15, 0.2) is 5.78 Å². The largest absolute Gasteiger partial charge is 0.512 e. The van der Waals surface area contributed by atoms with Crippen molar-refractivity contribution in [3.8, 4) is 21.8 Å². The minimum atomic E-state index is -0.337. The van der Waals surface area contributed by atoms with Gasteiger partial charge in [0.25, 0.3) is 0 Å². The first-order valence-electron chi connectivity index (χ1n) is 17.4. The number of allylic oxidation sites excluding steroid dienone is 2. The molecule has 50 heavy (non-hydrogen) atoms. The molecule has 0 aliphatic rings. The van der Waals surface area contributed by atoms with Crippen molar-refractivity contribution in [3.63, 3.8) is 0 Å². The smallest absolute Gasteiger partial charge is 0.164 e. The number of pyridine rings is 2. The number of hydrogen-bond donors (Lipinski definition) is 1. The molecular formula is C43H49IrN2O2S2-. The number of carbonyl (C=O) groups excluding carboxylic acids is 1. The van der Waals surface area contributed by atoms with Crippen LogP contribution < -0.4 is 0 Å². The first-order chi connectivity index (χ1) is 23.3. The normalized spacial score (nSPS) is 12.5. The van der Waals surface area contributed by atoms with E-state index in [4.69, 9.17) is 9.97 Å². The maximum Gasteiger partial charge on any atom is 0.164 e. The second-order valence-corrected chi connectivity index (χ2v) is 16.5. The molecule has 265 valence electrons. The van der Waals surface area contributed by atoms with Crippen molar-refractivity contribution >= 4 is 59.4 Å². The van der Waals surface area contributed by atoms with E-state index in [-0.39, 0.29) is 47.9 Å². The van der Waals surface area contributed by atoms with Gasteiger partial charge in [-0.1, -0.05) is 91.5 Å². The summed E-state index contributed by atoms with van der Waals surface area (Å²) in [6.45, 7) is 18.9. The van der Waals surface area contributed by atoms with Crippen LogP contribution in [0.15, 0.2) is 84.2 Å². The van der Waals surface area contributed by atoms with Crippen molar-refractivity contribution in [3.05, 3.63) is 95.8 Å². The van der Waals surface area contributed by atoms with E-state index < -0.39 is 0 Å². The molecule has 4 nitrogen and oxygen atoms in total. The Kier molecular flexibility index (Phi) is 12.6. The minimum absolute atomic E-state index is 0.